The van der Waals surface area contributed by atoms with Gasteiger partial charge in [-0.2, -0.15) is 0 Å². The third kappa shape index (κ3) is 4.05. The zero-order valence-electron chi connectivity index (χ0n) is 17.8. The van der Waals surface area contributed by atoms with Crippen molar-refractivity contribution in [3.8, 4) is 0 Å². The van der Waals surface area contributed by atoms with Gasteiger partial charge in [-0.05, 0) is 43.7 Å². The number of ether oxygens (including phenoxy) is 1. The van der Waals surface area contributed by atoms with Gasteiger partial charge in [-0.1, -0.05) is 0 Å². The van der Waals surface area contributed by atoms with E-state index in [0.29, 0.717) is 28.2 Å². The van der Waals surface area contributed by atoms with E-state index in [2.05, 4.69) is 15.6 Å². The molecule has 2 amide bonds. The van der Waals surface area contributed by atoms with E-state index >= 15 is 0 Å². The van der Waals surface area contributed by atoms with E-state index in [9.17, 15) is 34.4 Å². The van der Waals surface area contributed by atoms with Crippen LogP contribution in [0.1, 0.15) is 32.9 Å². The van der Waals surface area contributed by atoms with Crippen molar-refractivity contribution in [2.24, 2.45) is 0 Å². The molecule has 7 N–H and O–H groups in total. The topological polar surface area (TPSA) is 164 Å². The maximum Gasteiger partial charge on any atom is 0.256 e. The van der Waals surface area contributed by atoms with Crippen molar-refractivity contribution in [1.29, 1.82) is 0 Å². The van der Waals surface area contributed by atoms with Crippen LogP contribution in [0.4, 0.5) is 10.1 Å². The molecule has 1 aromatic heterocycles. The van der Waals surface area contributed by atoms with Gasteiger partial charge in [0.25, 0.3) is 11.8 Å². The van der Waals surface area contributed by atoms with Gasteiger partial charge in [0.15, 0.2) is 6.23 Å². The highest BCUT2D eigenvalue weighted by Crippen LogP contribution is 2.34. The number of rotatable bonds is 4. The number of halogens is 1. The summed E-state index contributed by atoms with van der Waals surface area (Å²) in [6.45, 7) is 2.67. The van der Waals surface area contributed by atoms with Gasteiger partial charge in [0.2, 0.25) is 0 Å². The van der Waals surface area contributed by atoms with Crippen LogP contribution in [0.2, 0.25) is 0 Å². The maximum atomic E-state index is 13.7. The molecule has 1 saturated heterocycles. The quantitative estimate of drug-likeness (QED) is 0.310. The number of aromatic nitrogens is 1. The lowest BCUT2D eigenvalue weighted by molar-refractivity contribution is -0.233. The number of aromatic amines is 1. The number of hydrogen-bond acceptors (Lipinski definition) is 7. The van der Waals surface area contributed by atoms with E-state index in [1.165, 1.54) is 24.3 Å². The highest BCUT2D eigenvalue weighted by Gasteiger charge is 2.44. The Balaban J connectivity index is 1.61. The minimum Gasteiger partial charge on any atom is -0.394 e. The average Bonchev–Trinajstić information content (AvgIpc) is 3.23. The van der Waals surface area contributed by atoms with Gasteiger partial charge in [-0.3, -0.25) is 9.59 Å². The first-order chi connectivity index (χ1) is 15.6. The number of benzene rings is 1. The number of hydrogen-bond donors (Lipinski definition) is 7. The largest absolute Gasteiger partial charge is 0.394 e. The van der Waals surface area contributed by atoms with Crippen LogP contribution in [0.25, 0.3) is 11.6 Å². The van der Waals surface area contributed by atoms with Crippen molar-refractivity contribution in [2.45, 2.75) is 44.5 Å². The first-order valence-corrected chi connectivity index (χ1v) is 10.3. The highest BCUT2D eigenvalue weighted by atomic mass is 19.1. The molecule has 1 fully saturated rings. The Labute approximate surface area is 187 Å². The molecule has 176 valence electrons. The van der Waals surface area contributed by atoms with Crippen molar-refractivity contribution < 1.29 is 39.1 Å². The van der Waals surface area contributed by atoms with Crippen LogP contribution in [-0.2, 0) is 9.53 Å². The molecule has 0 radical (unpaired) electrons. The summed E-state index contributed by atoms with van der Waals surface area (Å²) in [5, 5.41) is 44.4. The Morgan fingerprint density at radius 3 is 2.64 bits per heavy atom. The Hall–Kier alpha value is -3.09. The highest BCUT2D eigenvalue weighted by molar-refractivity contribution is 6.34. The first kappa shape index (κ1) is 23.1. The van der Waals surface area contributed by atoms with Gasteiger partial charge in [0.1, 0.15) is 30.2 Å². The van der Waals surface area contributed by atoms with Crippen LogP contribution in [-0.4, -0.2) is 74.5 Å². The van der Waals surface area contributed by atoms with E-state index in [1.54, 1.807) is 13.8 Å². The summed E-state index contributed by atoms with van der Waals surface area (Å²) in [6, 6.07) is 3.96. The lowest BCUT2D eigenvalue weighted by atomic mass is 9.98. The van der Waals surface area contributed by atoms with Crippen LogP contribution in [0, 0.1) is 19.7 Å². The summed E-state index contributed by atoms with van der Waals surface area (Å²) in [5.74, 6) is -1.54. The summed E-state index contributed by atoms with van der Waals surface area (Å²) in [5.41, 5.74) is 2.73. The number of aliphatic hydroxyl groups excluding tert-OH is 4. The smallest absolute Gasteiger partial charge is 0.256 e. The molecule has 2 aliphatic heterocycles. The van der Waals surface area contributed by atoms with Gasteiger partial charge in [-0.15, -0.1) is 0 Å². The predicted molar refractivity (Wildman–Crippen MR) is 114 cm³/mol. The number of aryl methyl sites for hydroxylation is 1. The summed E-state index contributed by atoms with van der Waals surface area (Å²) < 4.78 is 19.0. The zero-order chi connectivity index (χ0) is 24.0. The number of nitrogens with one attached hydrogen (secondary N) is 3. The molecule has 11 heteroatoms. The number of carbonyl (C=O) groups excluding carboxylic acids is 2. The normalized spacial score (nSPS) is 28.0. The maximum absolute atomic E-state index is 13.7. The Morgan fingerprint density at radius 1 is 1.21 bits per heavy atom. The number of amides is 2. The van der Waals surface area contributed by atoms with Crippen LogP contribution in [0.15, 0.2) is 18.2 Å². The van der Waals surface area contributed by atoms with Gasteiger partial charge in [0.05, 0.1) is 17.7 Å². The van der Waals surface area contributed by atoms with Gasteiger partial charge in [0, 0.05) is 22.6 Å². The molecule has 0 aliphatic carbocycles. The standard InChI is InChI=1S/C22H24FN3O7/c1-8-14(6-12-11-5-10(23)3-4-13(11)25-20(12)31)24-9(2)16(8)21(32)26-22-19(30)18(29)17(28)15(7-27)33-22/h3-6,15,17-19,22,24,27-30H,7H2,1-2H3,(H,25,31)(H,26,32)/t15-,17+,18+,19-,22-/m0/s1. The Bertz CT molecular complexity index is 1140. The van der Waals surface area contributed by atoms with Gasteiger partial charge in [-0.25, -0.2) is 4.39 Å². The first-order valence-electron chi connectivity index (χ1n) is 10.3. The van der Waals surface area contributed by atoms with Crippen LogP contribution >= 0.6 is 0 Å². The van der Waals surface area contributed by atoms with Crippen LogP contribution in [0.5, 0.6) is 0 Å². The fraction of sp³-hybridized carbons (Fsp3) is 0.364. The van der Waals surface area contributed by atoms with E-state index < -0.39 is 54.9 Å². The molecule has 4 rings (SSSR count). The molecule has 10 nitrogen and oxygen atoms in total. The van der Waals surface area contributed by atoms with Gasteiger partial charge < -0.3 is 40.8 Å². The minimum absolute atomic E-state index is 0.219. The van der Waals surface area contributed by atoms with E-state index in [4.69, 9.17) is 4.74 Å². The fourth-order valence-corrected chi connectivity index (χ4v) is 4.13. The Kier molecular flexibility index (Phi) is 6.08. The molecule has 2 aliphatic rings. The fourth-order valence-electron chi connectivity index (χ4n) is 4.13. The number of carbonyl (C=O) groups is 2. The lowest BCUT2D eigenvalue weighted by Gasteiger charge is -2.40. The summed E-state index contributed by atoms with van der Waals surface area (Å²) in [7, 11) is 0. The van der Waals surface area contributed by atoms with E-state index in [0.717, 1.165) is 0 Å². The Morgan fingerprint density at radius 2 is 1.94 bits per heavy atom. The summed E-state index contributed by atoms with van der Waals surface area (Å²) in [4.78, 5) is 28.4. The van der Waals surface area contributed by atoms with Gasteiger partial charge >= 0.3 is 0 Å². The number of fused-ring (bicyclic) bond motifs is 1. The van der Waals surface area contributed by atoms with Crippen molar-refractivity contribution in [3.05, 3.63) is 52.1 Å². The molecule has 2 aromatic rings. The molecule has 0 unspecified atom stereocenters. The average molecular weight is 461 g/mol. The summed E-state index contributed by atoms with van der Waals surface area (Å²) in [6.07, 6.45) is -5.81. The van der Waals surface area contributed by atoms with E-state index in [-0.39, 0.29) is 11.1 Å². The third-order valence-corrected chi connectivity index (χ3v) is 5.92. The molecule has 0 bridgehead atoms. The number of anilines is 1. The molecule has 1 aromatic carbocycles. The van der Waals surface area contributed by atoms with E-state index in [1.807, 2.05) is 0 Å². The number of H-pyrrole nitrogens is 1. The zero-order valence-corrected chi connectivity index (χ0v) is 17.8. The molecule has 5 atom stereocenters. The molecule has 0 saturated carbocycles. The van der Waals surface area contributed by atoms with Crippen molar-refractivity contribution in [1.82, 2.24) is 10.3 Å². The SMILES string of the molecule is Cc1[nH]c(C=C2C(=O)Nc3ccc(F)cc32)c(C)c1C(=O)N[C@H]1O[C@@H](CO)[C@@H](O)[C@@H](O)[C@@H]1O. The number of aliphatic hydroxyl groups is 4. The molecule has 33 heavy (non-hydrogen) atoms. The van der Waals surface area contributed by atoms with Crippen molar-refractivity contribution in [3.63, 3.8) is 0 Å². The van der Waals surface area contributed by atoms with Crippen molar-refractivity contribution >= 4 is 29.2 Å². The second-order valence-electron chi connectivity index (χ2n) is 8.09. The molecule has 0 spiro atoms. The third-order valence-electron chi connectivity index (χ3n) is 5.92. The second kappa shape index (κ2) is 8.69. The molecule has 3 heterocycles. The van der Waals surface area contributed by atoms with Crippen LogP contribution < -0.4 is 10.6 Å². The molecular formula is C22H24FN3O7. The lowest BCUT2D eigenvalue weighted by Crippen LogP contribution is -2.63. The molecular weight excluding hydrogens is 437 g/mol. The summed E-state index contributed by atoms with van der Waals surface area (Å²) >= 11 is 0. The monoisotopic (exact) mass is 461 g/mol. The van der Waals surface area contributed by atoms with Crippen molar-refractivity contribution in [2.75, 3.05) is 11.9 Å². The predicted octanol–water partition coefficient (Wildman–Crippen LogP) is -0.207. The second-order valence-corrected chi connectivity index (χ2v) is 8.09. The van der Waals surface area contributed by atoms with Crippen LogP contribution in [0.3, 0.4) is 0 Å². The minimum atomic E-state index is -1.63.